The topological polar surface area (TPSA) is 0 Å². The van der Waals surface area contributed by atoms with Crippen LogP contribution in [0.3, 0.4) is 0 Å². The van der Waals surface area contributed by atoms with Gasteiger partial charge in [-0.1, -0.05) is 116 Å². The highest BCUT2D eigenvalue weighted by molar-refractivity contribution is 8.23. The van der Waals surface area contributed by atoms with Crippen molar-refractivity contribution in [3.05, 3.63) is 102 Å². The van der Waals surface area contributed by atoms with Crippen LogP contribution in [0.1, 0.15) is 31.7 Å². The Kier molecular flexibility index (Phi) is 6.61. The third-order valence-corrected chi connectivity index (χ3v) is 8.95. The van der Waals surface area contributed by atoms with E-state index in [9.17, 15) is 0 Å². The second kappa shape index (κ2) is 9.12. The zero-order valence-electron chi connectivity index (χ0n) is 15.2. The summed E-state index contributed by atoms with van der Waals surface area (Å²) >= 11 is 6.40. The largest absolute Gasteiger partial charge is 0.0832 e. The molecule has 0 aliphatic carbocycles. The Labute approximate surface area is 162 Å². The molecule has 0 atom stereocenters. The van der Waals surface area contributed by atoms with Crippen molar-refractivity contribution >= 4 is 34.0 Å². The van der Waals surface area contributed by atoms with Crippen molar-refractivity contribution in [1.29, 1.82) is 0 Å². The number of rotatable bonds is 7. The van der Waals surface area contributed by atoms with Crippen molar-refractivity contribution in [2.24, 2.45) is 0 Å². The van der Waals surface area contributed by atoms with Crippen LogP contribution in [0.5, 0.6) is 0 Å². The summed E-state index contributed by atoms with van der Waals surface area (Å²) in [6, 6.07) is 30.0. The minimum atomic E-state index is -2.01. The highest BCUT2D eigenvalue weighted by Gasteiger charge is 2.20. The SMILES string of the molecule is CCCC/C(=C/P(=S)(c1ccccc1)c1ccccc1)c1ccccc1. The lowest BCUT2D eigenvalue weighted by Crippen LogP contribution is -2.14. The van der Waals surface area contributed by atoms with Crippen LogP contribution in [0.4, 0.5) is 0 Å². The fraction of sp³-hybridized carbons (Fsp3) is 0.167. The monoisotopic (exact) mass is 376 g/mol. The van der Waals surface area contributed by atoms with Crippen LogP contribution in [0, 0.1) is 0 Å². The fourth-order valence-electron chi connectivity index (χ4n) is 3.12. The molecule has 0 spiro atoms. The molecule has 0 unspecified atom stereocenters. The molecule has 0 bridgehead atoms. The van der Waals surface area contributed by atoms with E-state index in [0.717, 1.165) is 6.42 Å². The normalized spacial score (nSPS) is 12.1. The lowest BCUT2D eigenvalue weighted by atomic mass is 10.0. The van der Waals surface area contributed by atoms with Crippen LogP contribution in [-0.2, 0) is 11.8 Å². The van der Waals surface area contributed by atoms with Gasteiger partial charge in [-0.05, 0) is 40.4 Å². The standard InChI is InChI=1S/C24H25PS/c1-2-3-13-22(21-14-7-4-8-15-21)20-25(26,23-16-9-5-10-17-23)24-18-11-6-12-19-24/h4-12,14-20H,2-3,13H2,1H3/b22-20-. The Hall–Kier alpha value is -1.95. The third kappa shape index (κ3) is 4.41. The van der Waals surface area contributed by atoms with Crippen LogP contribution in [-0.4, -0.2) is 0 Å². The van der Waals surface area contributed by atoms with Gasteiger partial charge in [0.25, 0.3) is 0 Å². The average molecular weight is 377 g/mol. The number of benzene rings is 3. The summed E-state index contributed by atoms with van der Waals surface area (Å²) in [5.41, 5.74) is 2.67. The first-order chi connectivity index (χ1) is 12.7. The van der Waals surface area contributed by atoms with E-state index in [0.29, 0.717) is 0 Å². The molecule has 0 fully saturated rings. The zero-order chi connectivity index (χ0) is 18.2. The predicted octanol–water partition coefficient (Wildman–Crippen LogP) is 6.35. The summed E-state index contributed by atoms with van der Waals surface area (Å²) < 4.78 is 0. The molecule has 0 heterocycles. The predicted molar refractivity (Wildman–Crippen MR) is 120 cm³/mol. The second-order valence-electron chi connectivity index (χ2n) is 6.45. The third-order valence-electron chi connectivity index (χ3n) is 4.56. The minimum Gasteiger partial charge on any atom is -0.0832 e. The molecular weight excluding hydrogens is 351 g/mol. The summed E-state index contributed by atoms with van der Waals surface area (Å²) in [6.45, 7) is 2.24. The molecular formula is C24H25PS. The van der Waals surface area contributed by atoms with Gasteiger partial charge in [-0.2, -0.15) is 0 Å². The summed E-state index contributed by atoms with van der Waals surface area (Å²) in [5.74, 6) is 2.41. The first-order valence-electron chi connectivity index (χ1n) is 9.22. The second-order valence-corrected chi connectivity index (χ2v) is 10.8. The fourth-order valence-corrected chi connectivity index (χ4v) is 6.77. The zero-order valence-corrected chi connectivity index (χ0v) is 16.9. The Morgan fingerprint density at radius 1 is 0.769 bits per heavy atom. The number of hydrogen-bond acceptors (Lipinski definition) is 1. The molecule has 0 saturated carbocycles. The Bertz CT molecular complexity index is 840. The van der Waals surface area contributed by atoms with Gasteiger partial charge in [-0.15, -0.1) is 0 Å². The van der Waals surface area contributed by atoms with Crippen LogP contribution in [0.15, 0.2) is 96.8 Å². The van der Waals surface area contributed by atoms with Gasteiger partial charge in [-0.25, -0.2) is 0 Å². The average Bonchev–Trinajstić information content (AvgIpc) is 2.73. The van der Waals surface area contributed by atoms with Crippen LogP contribution in [0.2, 0.25) is 0 Å². The van der Waals surface area contributed by atoms with Crippen LogP contribution < -0.4 is 10.6 Å². The van der Waals surface area contributed by atoms with Crippen molar-refractivity contribution in [2.45, 2.75) is 26.2 Å². The van der Waals surface area contributed by atoms with E-state index in [1.165, 1.54) is 34.6 Å². The molecule has 0 nitrogen and oxygen atoms in total. The molecule has 26 heavy (non-hydrogen) atoms. The highest BCUT2D eigenvalue weighted by atomic mass is 32.4. The molecule has 0 N–H and O–H groups in total. The Morgan fingerprint density at radius 3 is 1.69 bits per heavy atom. The van der Waals surface area contributed by atoms with E-state index in [1.807, 2.05) is 0 Å². The molecule has 0 saturated heterocycles. The maximum absolute atomic E-state index is 6.40. The molecule has 3 rings (SSSR count). The number of unbranched alkanes of at least 4 members (excludes halogenated alkanes) is 1. The first kappa shape index (κ1) is 18.8. The number of hydrogen-bond donors (Lipinski definition) is 0. The van der Waals surface area contributed by atoms with Gasteiger partial charge >= 0.3 is 0 Å². The molecule has 132 valence electrons. The van der Waals surface area contributed by atoms with E-state index in [1.54, 1.807) is 0 Å². The first-order valence-corrected chi connectivity index (χ1v) is 12.1. The molecule has 0 amide bonds. The Balaban J connectivity index is 2.17. The lowest BCUT2D eigenvalue weighted by molar-refractivity contribution is 0.825. The van der Waals surface area contributed by atoms with E-state index in [4.69, 9.17) is 11.8 Å². The van der Waals surface area contributed by atoms with Gasteiger partial charge in [0.15, 0.2) is 0 Å². The molecule has 3 aromatic carbocycles. The van der Waals surface area contributed by atoms with E-state index in [2.05, 4.69) is 104 Å². The highest BCUT2D eigenvalue weighted by Crippen LogP contribution is 2.48. The van der Waals surface area contributed by atoms with Crippen molar-refractivity contribution in [3.63, 3.8) is 0 Å². The van der Waals surface area contributed by atoms with Gasteiger partial charge < -0.3 is 0 Å². The lowest BCUT2D eigenvalue weighted by Gasteiger charge is -2.22. The number of allylic oxidation sites excluding steroid dienone is 1. The summed E-state index contributed by atoms with van der Waals surface area (Å²) in [4.78, 5) is 0. The van der Waals surface area contributed by atoms with Gasteiger partial charge in [0.2, 0.25) is 0 Å². The maximum Gasteiger partial charge on any atom is 0.0313 e. The minimum absolute atomic E-state index is 1.07. The molecule has 0 aromatic heterocycles. The molecule has 0 aliphatic rings. The van der Waals surface area contributed by atoms with E-state index >= 15 is 0 Å². The molecule has 2 heteroatoms. The maximum atomic E-state index is 6.40. The van der Waals surface area contributed by atoms with Crippen molar-refractivity contribution in [1.82, 2.24) is 0 Å². The van der Waals surface area contributed by atoms with Crippen LogP contribution >= 0.6 is 6.04 Å². The van der Waals surface area contributed by atoms with Crippen LogP contribution in [0.25, 0.3) is 5.57 Å². The van der Waals surface area contributed by atoms with Crippen molar-refractivity contribution in [3.8, 4) is 0 Å². The van der Waals surface area contributed by atoms with Gasteiger partial charge in [0.05, 0.1) is 0 Å². The smallest absolute Gasteiger partial charge is 0.0313 e. The van der Waals surface area contributed by atoms with E-state index in [-0.39, 0.29) is 0 Å². The van der Waals surface area contributed by atoms with Gasteiger partial charge in [0.1, 0.15) is 0 Å². The van der Waals surface area contributed by atoms with Gasteiger partial charge in [0, 0.05) is 6.04 Å². The molecule has 0 aliphatic heterocycles. The quantitative estimate of drug-likeness (QED) is 0.433. The summed E-state index contributed by atoms with van der Waals surface area (Å²) in [5, 5.41) is 2.51. The summed E-state index contributed by atoms with van der Waals surface area (Å²) in [6.07, 6.45) is 3.43. The van der Waals surface area contributed by atoms with E-state index < -0.39 is 6.04 Å². The molecule has 3 aromatic rings. The van der Waals surface area contributed by atoms with Crippen molar-refractivity contribution < 1.29 is 0 Å². The Morgan fingerprint density at radius 2 is 1.23 bits per heavy atom. The van der Waals surface area contributed by atoms with Gasteiger partial charge in [-0.3, -0.25) is 0 Å². The summed E-state index contributed by atoms with van der Waals surface area (Å²) in [7, 11) is 0. The van der Waals surface area contributed by atoms with Crippen molar-refractivity contribution in [2.75, 3.05) is 0 Å². The molecule has 0 radical (unpaired) electrons.